The summed E-state index contributed by atoms with van der Waals surface area (Å²) in [6, 6.07) is 6.58. The van der Waals surface area contributed by atoms with Crippen LogP contribution in [-0.4, -0.2) is 34.3 Å². The van der Waals surface area contributed by atoms with Crippen molar-refractivity contribution in [2.75, 3.05) is 0 Å². The molecule has 8 heteroatoms. The fourth-order valence-electron chi connectivity index (χ4n) is 2.91. The average molecular weight is 358 g/mol. The molecule has 0 unspecified atom stereocenters. The first-order chi connectivity index (χ1) is 12.6. The van der Waals surface area contributed by atoms with Crippen molar-refractivity contribution in [3.63, 3.8) is 0 Å². The molecule has 26 heavy (non-hydrogen) atoms. The van der Waals surface area contributed by atoms with E-state index >= 15 is 0 Å². The van der Waals surface area contributed by atoms with Crippen molar-refractivity contribution in [1.82, 2.24) is 20.8 Å². The number of nitrogens with one attached hydrogen (secondary N) is 2. The van der Waals surface area contributed by atoms with Gasteiger partial charge in [-0.3, -0.25) is 10.1 Å². The van der Waals surface area contributed by atoms with E-state index in [0.29, 0.717) is 11.6 Å². The summed E-state index contributed by atoms with van der Waals surface area (Å²) >= 11 is 0. The van der Waals surface area contributed by atoms with Crippen molar-refractivity contribution in [1.29, 1.82) is 0 Å². The minimum Gasteiger partial charge on any atom is -0.481 e. The molecule has 3 rings (SSSR count). The maximum absolute atomic E-state index is 12.1. The summed E-state index contributed by atoms with van der Waals surface area (Å²) in [4.78, 5) is 24.1. The van der Waals surface area contributed by atoms with Crippen molar-refractivity contribution in [2.24, 2.45) is 0 Å². The second-order valence-electron chi connectivity index (χ2n) is 6.33. The molecule has 1 heterocycles. The number of ether oxygens (including phenoxy) is 1. The Morgan fingerprint density at radius 3 is 2.58 bits per heavy atom. The summed E-state index contributed by atoms with van der Waals surface area (Å²) in [5.74, 6) is 0.421. The zero-order valence-corrected chi connectivity index (χ0v) is 14.6. The van der Waals surface area contributed by atoms with Gasteiger partial charge < -0.3 is 14.5 Å². The van der Waals surface area contributed by atoms with E-state index in [9.17, 15) is 9.59 Å². The van der Waals surface area contributed by atoms with Crippen LogP contribution in [0.3, 0.4) is 0 Å². The van der Waals surface area contributed by atoms with Crippen LogP contribution in [-0.2, 0) is 4.79 Å². The van der Waals surface area contributed by atoms with E-state index in [1.54, 1.807) is 31.2 Å². The van der Waals surface area contributed by atoms with Crippen LogP contribution >= 0.6 is 0 Å². The number of nitrogens with zero attached hydrogens (tertiary/aromatic N) is 2. The van der Waals surface area contributed by atoms with Crippen molar-refractivity contribution in [3.8, 4) is 17.2 Å². The van der Waals surface area contributed by atoms with E-state index in [-0.39, 0.29) is 6.04 Å². The lowest BCUT2D eigenvalue weighted by molar-refractivity contribution is -0.126. The summed E-state index contributed by atoms with van der Waals surface area (Å²) in [6.45, 7) is 1.59. The van der Waals surface area contributed by atoms with Gasteiger partial charge in [0.1, 0.15) is 5.75 Å². The predicted molar refractivity (Wildman–Crippen MR) is 93.4 cm³/mol. The summed E-state index contributed by atoms with van der Waals surface area (Å²) in [5.41, 5.74) is 0.749. The first-order valence-electron chi connectivity index (χ1n) is 8.76. The fraction of sp³-hybridized carbons (Fsp3) is 0.444. The molecular weight excluding hydrogens is 336 g/mol. The molecule has 8 nitrogen and oxygen atoms in total. The molecule has 0 bridgehead atoms. The van der Waals surface area contributed by atoms with Gasteiger partial charge in [-0.15, -0.1) is 10.2 Å². The van der Waals surface area contributed by atoms with Gasteiger partial charge in [0.25, 0.3) is 5.91 Å². The van der Waals surface area contributed by atoms with Crippen molar-refractivity contribution in [3.05, 3.63) is 30.7 Å². The highest BCUT2D eigenvalue weighted by Crippen LogP contribution is 2.21. The van der Waals surface area contributed by atoms with Gasteiger partial charge in [0.05, 0.1) is 0 Å². The maximum Gasteiger partial charge on any atom is 0.321 e. The topological polar surface area (TPSA) is 106 Å². The van der Waals surface area contributed by atoms with Crippen LogP contribution in [0.5, 0.6) is 5.75 Å². The number of aromatic nitrogens is 2. The van der Waals surface area contributed by atoms with E-state index in [4.69, 9.17) is 9.15 Å². The third-order valence-corrected chi connectivity index (χ3v) is 4.32. The van der Waals surface area contributed by atoms with E-state index in [0.717, 1.165) is 31.2 Å². The Balaban J connectivity index is 1.48. The first kappa shape index (κ1) is 17.9. The SMILES string of the molecule is C[C@H](Oc1ccc(-c2nnco2)cc1)C(=O)NC(=O)NC1CCCCC1. The minimum absolute atomic E-state index is 0.144. The first-order valence-corrected chi connectivity index (χ1v) is 8.76. The molecular formula is C18H22N4O4. The number of imide groups is 1. The number of carbonyl (C=O) groups excluding carboxylic acids is 2. The van der Waals surface area contributed by atoms with E-state index in [2.05, 4.69) is 20.8 Å². The van der Waals surface area contributed by atoms with Gasteiger partial charge in [-0.2, -0.15) is 0 Å². The molecule has 1 aliphatic rings. The molecule has 0 spiro atoms. The molecule has 2 aromatic rings. The molecule has 0 radical (unpaired) electrons. The standard InChI is InChI=1S/C18H22N4O4/c1-12(16(23)21-18(24)20-14-5-3-2-4-6-14)26-15-9-7-13(8-10-15)17-22-19-11-25-17/h7-12,14H,2-6H2,1H3,(H2,20,21,23,24)/t12-/m0/s1. The number of urea groups is 1. The number of benzene rings is 1. The van der Waals surface area contributed by atoms with Crippen molar-refractivity contribution in [2.45, 2.75) is 51.2 Å². The molecule has 0 aliphatic heterocycles. The predicted octanol–water partition coefficient (Wildman–Crippen LogP) is 2.66. The van der Waals surface area contributed by atoms with Crippen LogP contribution in [0, 0.1) is 0 Å². The third kappa shape index (κ3) is 4.81. The Kier molecular flexibility index (Phi) is 5.83. The normalized spacial score (nSPS) is 15.9. The van der Waals surface area contributed by atoms with Gasteiger partial charge in [0.15, 0.2) is 6.10 Å². The van der Waals surface area contributed by atoms with Gasteiger partial charge in [0.2, 0.25) is 12.3 Å². The monoisotopic (exact) mass is 358 g/mol. The van der Waals surface area contributed by atoms with E-state index in [1.807, 2.05) is 0 Å². The summed E-state index contributed by atoms with van der Waals surface area (Å²) in [6.07, 6.45) is 5.79. The molecule has 1 aliphatic carbocycles. The van der Waals surface area contributed by atoms with E-state index in [1.165, 1.54) is 12.8 Å². The van der Waals surface area contributed by atoms with Gasteiger partial charge in [-0.1, -0.05) is 19.3 Å². The summed E-state index contributed by atoms with van der Waals surface area (Å²) in [5, 5.41) is 12.6. The second-order valence-corrected chi connectivity index (χ2v) is 6.33. The second kappa shape index (κ2) is 8.46. The summed E-state index contributed by atoms with van der Waals surface area (Å²) < 4.78 is 10.7. The third-order valence-electron chi connectivity index (χ3n) is 4.32. The van der Waals surface area contributed by atoms with Crippen LogP contribution in [0.15, 0.2) is 35.1 Å². The molecule has 1 aromatic heterocycles. The molecule has 1 aromatic carbocycles. The maximum atomic E-state index is 12.1. The van der Waals surface area contributed by atoms with Crippen LogP contribution in [0.4, 0.5) is 4.79 Å². The highest BCUT2D eigenvalue weighted by Gasteiger charge is 2.20. The zero-order valence-electron chi connectivity index (χ0n) is 14.6. The number of hydrogen-bond acceptors (Lipinski definition) is 6. The summed E-state index contributed by atoms with van der Waals surface area (Å²) in [7, 11) is 0. The van der Waals surface area contributed by atoms with Crippen LogP contribution < -0.4 is 15.4 Å². The Hall–Kier alpha value is -2.90. The number of hydrogen-bond donors (Lipinski definition) is 2. The lowest BCUT2D eigenvalue weighted by atomic mass is 9.96. The highest BCUT2D eigenvalue weighted by atomic mass is 16.5. The number of carbonyl (C=O) groups is 2. The van der Waals surface area contributed by atoms with Gasteiger partial charge >= 0.3 is 6.03 Å². The zero-order chi connectivity index (χ0) is 18.4. The Morgan fingerprint density at radius 1 is 1.19 bits per heavy atom. The van der Waals surface area contributed by atoms with Crippen molar-refractivity contribution < 1.29 is 18.7 Å². The highest BCUT2D eigenvalue weighted by molar-refractivity contribution is 5.96. The van der Waals surface area contributed by atoms with Crippen LogP contribution in [0.25, 0.3) is 11.5 Å². The molecule has 1 atom stereocenters. The molecule has 138 valence electrons. The average Bonchev–Trinajstić information content (AvgIpc) is 3.17. The Labute approximate surface area is 151 Å². The number of amides is 3. The lowest BCUT2D eigenvalue weighted by Gasteiger charge is -2.23. The van der Waals surface area contributed by atoms with Crippen molar-refractivity contribution >= 4 is 11.9 Å². The van der Waals surface area contributed by atoms with Gasteiger partial charge in [-0.05, 0) is 44.0 Å². The minimum atomic E-state index is -0.804. The molecule has 1 saturated carbocycles. The molecule has 1 fully saturated rings. The Morgan fingerprint density at radius 2 is 1.92 bits per heavy atom. The van der Waals surface area contributed by atoms with Crippen LogP contribution in [0.2, 0.25) is 0 Å². The quantitative estimate of drug-likeness (QED) is 0.851. The largest absolute Gasteiger partial charge is 0.481 e. The van der Waals surface area contributed by atoms with Gasteiger partial charge in [-0.25, -0.2) is 4.79 Å². The molecule has 0 saturated heterocycles. The lowest BCUT2D eigenvalue weighted by Crippen LogP contribution is -2.48. The van der Waals surface area contributed by atoms with Crippen LogP contribution in [0.1, 0.15) is 39.0 Å². The Bertz CT molecular complexity index is 724. The molecule has 3 amide bonds. The number of rotatable bonds is 5. The smallest absolute Gasteiger partial charge is 0.321 e. The molecule has 2 N–H and O–H groups in total. The van der Waals surface area contributed by atoms with E-state index < -0.39 is 18.0 Å². The fourth-order valence-corrected chi connectivity index (χ4v) is 2.91. The van der Waals surface area contributed by atoms with Gasteiger partial charge in [0, 0.05) is 11.6 Å².